The minimum absolute atomic E-state index is 0.124. The third-order valence-electron chi connectivity index (χ3n) is 3.30. The number of amides is 1. The Balaban J connectivity index is 2.00. The van der Waals surface area contributed by atoms with Crippen LogP contribution < -0.4 is 10.5 Å². The minimum atomic E-state index is -3.82. The van der Waals surface area contributed by atoms with Gasteiger partial charge in [-0.05, 0) is 6.07 Å². The number of ether oxygens (including phenoxy) is 2. The Bertz CT molecular complexity index is 589. The SMILES string of the molecule is COC1(CNC(=O)c2cc(S(N)(=O)=O)c[nH]2)CCOC1. The number of primary sulfonamides is 1. The molecule has 1 aliphatic rings. The van der Waals surface area contributed by atoms with Gasteiger partial charge in [-0.1, -0.05) is 0 Å². The zero-order chi connectivity index (χ0) is 14.8. The number of rotatable bonds is 5. The lowest BCUT2D eigenvalue weighted by Gasteiger charge is -2.25. The number of nitrogens with one attached hydrogen (secondary N) is 2. The van der Waals surface area contributed by atoms with E-state index in [0.717, 1.165) is 0 Å². The summed E-state index contributed by atoms with van der Waals surface area (Å²) >= 11 is 0. The molecule has 4 N–H and O–H groups in total. The summed E-state index contributed by atoms with van der Waals surface area (Å²) in [6.07, 6.45) is 1.87. The van der Waals surface area contributed by atoms with Crippen LogP contribution in [0.15, 0.2) is 17.2 Å². The van der Waals surface area contributed by atoms with Crippen LogP contribution in [0.4, 0.5) is 0 Å². The average Bonchev–Trinajstić information content (AvgIpc) is 3.05. The molecule has 1 aliphatic heterocycles. The van der Waals surface area contributed by atoms with Crippen molar-refractivity contribution in [2.45, 2.75) is 16.9 Å². The van der Waals surface area contributed by atoms with E-state index in [4.69, 9.17) is 14.6 Å². The molecule has 0 bridgehead atoms. The van der Waals surface area contributed by atoms with Gasteiger partial charge < -0.3 is 19.8 Å². The van der Waals surface area contributed by atoms with Crippen LogP contribution in [0.3, 0.4) is 0 Å². The fourth-order valence-electron chi connectivity index (χ4n) is 1.97. The summed E-state index contributed by atoms with van der Waals surface area (Å²) in [5, 5.41) is 7.66. The molecule has 0 aliphatic carbocycles. The molecule has 1 aromatic heterocycles. The summed E-state index contributed by atoms with van der Waals surface area (Å²) in [5.41, 5.74) is -0.399. The van der Waals surface area contributed by atoms with Crippen LogP contribution in [0, 0.1) is 0 Å². The molecular formula is C11H17N3O5S. The van der Waals surface area contributed by atoms with Gasteiger partial charge in [0.2, 0.25) is 10.0 Å². The fourth-order valence-corrected chi connectivity index (χ4v) is 2.47. The van der Waals surface area contributed by atoms with Crippen molar-refractivity contribution in [3.05, 3.63) is 18.0 Å². The second kappa shape index (κ2) is 5.52. The Morgan fingerprint density at radius 3 is 2.90 bits per heavy atom. The first-order chi connectivity index (χ1) is 9.36. The van der Waals surface area contributed by atoms with Crippen molar-refractivity contribution in [3.8, 4) is 0 Å². The number of carbonyl (C=O) groups is 1. The normalized spacial score (nSPS) is 22.9. The second-order valence-electron chi connectivity index (χ2n) is 4.67. The van der Waals surface area contributed by atoms with Gasteiger partial charge in [0, 0.05) is 32.9 Å². The van der Waals surface area contributed by atoms with Gasteiger partial charge in [-0.3, -0.25) is 4.79 Å². The Kier molecular flexibility index (Phi) is 4.14. The van der Waals surface area contributed by atoms with Gasteiger partial charge in [-0.25, -0.2) is 13.6 Å². The van der Waals surface area contributed by atoms with Gasteiger partial charge in [-0.2, -0.15) is 0 Å². The van der Waals surface area contributed by atoms with E-state index in [1.54, 1.807) is 7.11 Å². The lowest BCUT2D eigenvalue weighted by molar-refractivity contribution is -0.0149. The first kappa shape index (κ1) is 15.0. The molecule has 112 valence electrons. The molecule has 0 radical (unpaired) electrons. The van der Waals surface area contributed by atoms with E-state index in [1.165, 1.54) is 12.3 Å². The van der Waals surface area contributed by atoms with E-state index in [0.29, 0.717) is 19.6 Å². The second-order valence-corrected chi connectivity index (χ2v) is 6.23. The van der Waals surface area contributed by atoms with E-state index >= 15 is 0 Å². The molecule has 0 spiro atoms. The maximum Gasteiger partial charge on any atom is 0.267 e. The predicted octanol–water partition coefficient (Wildman–Crippen LogP) is -0.803. The van der Waals surface area contributed by atoms with Gasteiger partial charge >= 0.3 is 0 Å². The Morgan fingerprint density at radius 2 is 2.40 bits per heavy atom. The molecule has 8 nitrogen and oxygen atoms in total. The van der Waals surface area contributed by atoms with Crippen molar-refractivity contribution in [2.75, 3.05) is 26.9 Å². The largest absolute Gasteiger partial charge is 0.378 e. The zero-order valence-electron chi connectivity index (χ0n) is 11.0. The van der Waals surface area contributed by atoms with Gasteiger partial charge in [-0.15, -0.1) is 0 Å². The lowest BCUT2D eigenvalue weighted by atomic mass is 10.0. The number of aromatic amines is 1. The van der Waals surface area contributed by atoms with E-state index in [2.05, 4.69) is 10.3 Å². The van der Waals surface area contributed by atoms with Crippen molar-refractivity contribution in [2.24, 2.45) is 5.14 Å². The Hall–Kier alpha value is -1.42. The standard InChI is InChI=1S/C11H17N3O5S/c1-18-11(2-3-19-7-11)6-14-10(15)9-4-8(5-13-9)20(12,16)17/h4-5,13H,2-3,6-7H2,1H3,(H,14,15)(H2,12,16,17). The fraction of sp³-hybridized carbons (Fsp3) is 0.545. The van der Waals surface area contributed by atoms with Crippen LogP contribution in [0.5, 0.6) is 0 Å². The summed E-state index contributed by atoms with van der Waals surface area (Å²) in [6.45, 7) is 1.28. The molecule has 1 aromatic rings. The summed E-state index contributed by atoms with van der Waals surface area (Å²) in [7, 11) is -2.25. The molecule has 0 saturated carbocycles. The highest BCUT2D eigenvalue weighted by Gasteiger charge is 2.35. The van der Waals surface area contributed by atoms with Crippen LogP contribution in [-0.2, 0) is 19.5 Å². The quantitative estimate of drug-likeness (QED) is 0.657. The van der Waals surface area contributed by atoms with Gasteiger partial charge in [0.1, 0.15) is 11.3 Å². The van der Waals surface area contributed by atoms with Crippen molar-refractivity contribution < 1.29 is 22.7 Å². The monoisotopic (exact) mass is 303 g/mol. The molecule has 1 saturated heterocycles. The summed E-state index contributed by atoms with van der Waals surface area (Å²) < 4.78 is 32.9. The molecule has 1 atom stereocenters. The van der Waals surface area contributed by atoms with E-state index in [1.807, 2.05) is 0 Å². The molecular weight excluding hydrogens is 286 g/mol. The number of carbonyl (C=O) groups excluding carboxylic acids is 1. The van der Waals surface area contributed by atoms with Crippen LogP contribution in [-0.4, -0.2) is 51.8 Å². The van der Waals surface area contributed by atoms with Crippen molar-refractivity contribution in [3.63, 3.8) is 0 Å². The maximum absolute atomic E-state index is 11.9. The van der Waals surface area contributed by atoms with E-state index in [9.17, 15) is 13.2 Å². The average molecular weight is 303 g/mol. The number of hydrogen-bond donors (Lipinski definition) is 3. The lowest BCUT2D eigenvalue weighted by Crippen LogP contribution is -2.45. The number of sulfonamides is 1. The highest BCUT2D eigenvalue weighted by molar-refractivity contribution is 7.89. The van der Waals surface area contributed by atoms with Gasteiger partial charge in [0.05, 0.1) is 11.5 Å². The predicted molar refractivity (Wildman–Crippen MR) is 69.7 cm³/mol. The van der Waals surface area contributed by atoms with Gasteiger partial charge in [0.15, 0.2) is 0 Å². The molecule has 1 fully saturated rings. The Morgan fingerprint density at radius 1 is 1.65 bits per heavy atom. The highest BCUT2D eigenvalue weighted by Crippen LogP contribution is 2.21. The highest BCUT2D eigenvalue weighted by atomic mass is 32.2. The minimum Gasteiger partial charge on any atom is -0.378 e. The molecule has 9 heteroatoms. The van der Waals surface area contributed by atoms with Crippen LogP contribution >= 0.6 is 0 Å². The molecule has 0 aromatic carbocycles. The van der Waals surface area contributed by atoms with Crippen LogP contribution in [0.1, 0.15) is 16.9 Å². The maximum atomic E-state index is 11.9. The topological polar surface area (TPSA) is 124 Å². The summed E-state index contributed by atoms with van der Waals surface area (Å²) in [5.74, 6) is -0.428. The van der Waals surface area contributed by atoms with Crippen molar-refractivity contribution in [1.82, 2.24) is 10.3 Å². The first-order valence-electron chi connectivity index (χ1n) is 5.99. The van der Waals surface area contributed by atoms with Crippen LogP contribution in [0.2, 0.25) is 0 Å². The number of methoxy groups -OCH3 is 1. The number of nitrogens with two attached hydrogens (primary N) is 1. The third kappa shape index (κ3) is 3.18. The summed E-state index contributed by atoms with van der Waals surface area (Å²) in [6, 6.07) is 1.19. The Labute approximate surface area is 116 Å². The molecule has 1 amide bonds. The van der Waals surface area contributed by atoms with Crippen molar-refractivity contribution in [1.29, 1.82) is 0 Å². The number of hydrogen-bond acceptors (Lipinski definition) is 5. The van der Waals surface area contributed by atoms with Gasteiger partial charge in [0.25, 0.3) is 5.91 Å². The van der Waals surface area contributed by atoms with E-state index < -0.39 is 21.5 Å². The third-order valence-corrected chi connectivity index (χ3v) is 4.19. The number of H-pyrrole nitrogens is 1. The smallest absolute Gasteiger partial charge is 0.267 e. The molecule has 2 heterocycles. The van der Waals surface area contributed by atoms with E-state index in [-0.39, 0.29) is 17.1 Å². The summed E-state index contributed by atoms with van der Waals surface area (Å²) in [4.78, 5) is 14.4. The zero-order valence-corrected chi connectivity index (χ0v) is 11.8. The number of aromatic nitrogens is 1. The molecule has 1 unspecified atom stereocenters. The first-order valence-corrected chi connectivity index (χ1v) is 7.53. The molecule has 20 heavy (non-hydrogen) atoms. The van der Waals surface area contributed by atoms with Crippen LogP contribution in [0.25, 0.3) is 0 Å². The molecule has 2 rings (SSSR count). The van der Waals surface area contributed by atoms with Crippen molar-refractivity contribution >= 4 is 15.9 Å².